The van der Waals surface area contributed by atoms with E-state index in [1.54, 1.807) is 0 Å². The van der Waals surface area contributed by atoms with E-state index in [9.17, 15) is 9.59 Å². The highest BCUT2D eigenvalue weighted by Crippen LogP contribution is 2.34. The molecule has 2 aliphatic heterocycles. The van der Waals surface area contributed by atoms with Gasteiger partial charge in [0.25, 0.3) is 5.91 Å². The summed E-state index contributed by atoms with van der Waals surface area (Å²) in [6.45, 7) is 5.71. The lowest BCUT2D eigenvalue weighted by Gasteiger charge is -2.36. The quantitative estimate of drug-likeness (QED) is 0.723. The highest BCUT2D eigenvalue weighted by molar-refractivity contribution is 5.96. The number of carbonyl (C=O) groups is 2. The molecule has 1 atom stereocenters. The normalized spacial score (nSPS) is 19.0. The van der Waals surface area contributed by atoms with Crippen molar-refractivity contribution in [1.29, 1.82) is 0 Å². The van der Waals surface area contributed by atoms with Crippen molar-refractivity contribution in [1.82, 2.24) is 10.2 Å². The Hall–Kier alpha value is -2.28. The van der Waals surface area contributed by atoms with E-state index >= 15 is 0 Å². The Morgan fingerprint density at radius 1 is 1.21 bits per heavy atom. The zero-order valence-electron chi connectivity index (χ0n) is 16.9. The molecule has 0 unspecified atom stereocenters. The van der Waals surface area contributed by atoms with E-state index in [-0.39, 0.29) is 17.9 Å². The van der Waals surface area contributed by atoms with Crippen molar-refractivity contribution in [3.63, 3.8) is 0 Å². The molecule has 154 valence electrons. The van der Waals surface area contributed by atoms with Crippen molar-refractivity contribution in [2.24, 2.45) is 0 Å². The van der Waals surface area contributed by atoms with Crippen molar-refractivity contribution in [2.75, 3.05) is 51.4 Å². The molecule has 1 aromatic rings. The average Bonchev–Trinajstić information content (AvgIpc) is 2.73. The molecule has 2 heterocycles. The number of anilines is 1. The lowest BCUT2D eigenvalue weighted by Crippen LogP contribution is -2.44. The second kappa shape index (κ2) is 9.78. The number of carbonyl (C=O) groups excluding carboxylic acids is 2. The van der Waals surface area contributed by atoms with Gasteiger partial charge in [-0.2, -0.15) is 0 Å². The second-order valence-corrected chi connectivity index (χ2v) is 7.42. The standard InChI is InChI=1S/C21H31N3O4/c1-3-4-5-8-22-20(25)14-17-15-28-19-7-6-16(13-18(19)23(17)2)21(26)24-9-11-27-12-10-24/h6-7,13,17H,3-5,8-12,14-15H2,1-2H3,(H,22,25)/t17-/m0/s1. The molecule has 0 aromatic heterocycles. The summed E-state index contributed by atoms with van der Waals surface area (Å²) in [5.74, 6) is 0.802. The Kier molecular flexibility index (Phi) is 7.14. The van der Waals surface area contributed by atoms with Crippen LogP contribution in [-0.2, 0) is 9.53 Å². The molecule has 2 aliphatic rings. The van der Waals surface area contributed by atoms with E-state index in [0.717, 1.165) is 37.2 Å². The van der Waals surface area contributed by atoms with Gasteiger partial charge in [0.1, 0.15) is 12.4 Å². The summed E-state index contributed by atoms with van der Waals surface area (Å²) in [5, 5.41) is 2.99. The summed E-state index contributed by atoms with van der Waals surface area (Å²) in [6, 6.07) is 5.48. The number of nitrogens with zero attached hydrogens (tertiary/aromatic N) is 2. The number of ether oxygens (including phenoxy) is 2. The number of hydrogen-bond acceptors (Lipinski definition) is 5. The molecule has 0 aliphatic carbocycles. The van der Waals surface area contributed by atoms with Gasteiger partial charge in [-0.05, 0) is 24.6 Å². The summed E-state index contributed by atoms with van der Waals surface area (Å²) in [6.07, 6.45) is 3.65. The van der Waals surface area contributed by atoms with Crippen LogP contribution in [0.2, 0.25) is 0 Å². The van der Waals surface area contributed by atoms with E-state index in [1.165, 1.54) is 0 Å². The lowest BCUT2D eigenvalue weighted by atomic mass is 10.1. The number of hydrogen-bond donors (Lipinski definition) is 1. The van der Waals surface area contributed by atoms with Crippen molar-refractivity contribution in [3.05, 3.63) is 23.8 Å². The van der Waals surface area contributed by atoms with Gasteiger partial charge in [0, 0.05) is 32.2 Å². The first kappa shape index (κ1) is 20.5. The molecular weight excluding hydrogens is 358 g/mol. The molecular formula is C21H31N3O4. The number of unbranched alkanes of at least 4 members (excludes halogenated alkanes) is 2. The Labute approximate surface area is 167 Å². The van der Waals surface area contributed by atoms with Gasteiger partial charge < -0.3 is 24.6 Å². The Balaban J connectivity index is 1.63. The van der Waals surface area contributed by atoms with Crippen molar-refractivity contribution < 1.29 is 19.1 Å². The van der Waals surface area contributed by atoms with Crippen LogP contribution >= 0.6 is 0 Å². The first-order chi connectivity index (χ1) is 13.6. The van der Waals surface area contributed by atoms with Crippen LogP contribution in [0.25, 0.3) is 0 Å². The van der Waals surface area contributed by atoms with E-state index in [2.05, 4.69) is 17.1 Å². The van der Waals surface area contributed by atoms with E-state index in [4.69, 9.17) is 9.47 Å². The molecule has 0 radical (unpaired) electrons. The SMILES string of the molecule is CCCCCNC(=O)C[C@H]1COc2ccc(C(=O)N3CCOCC3)cc2N1C. The van der Waals surface area contributed by atoms with Gasteiger partial charge in [-0.3, -0.25) is 9.59 Å². The van der Waals surface area contributed by atoms with Crippen LogP contribution in [0.4, 0.5) is 5.69 Å². The van der Waals surface area contributed by atoms with Crippen LogP contribution in [0.5, 0.6) is 5.75 Å². The first-order valence-electron chi connectivity index (χ1n) is 10.2. The lowest BCUT2D eigenvalue weighted by molar-refractivity contribution is -0.121. The Bertz CT molecular complexity index is 688. The molecule has 0 saturated carbocycles. The number of nitrogens with one attached hydrogen (secondary N) is 1. The number of fused-ring (bicyclic) bond motifs is 1. The van der Waals surface area contributed by atoms with Crippen LogP contribution in [0, 0.1) is 0 Å². The highest BCUT2D eigenvalue weighted by Gasteiger charge is 2.28. The fourth-order valence-corrected chi connectivity index (χ4v) is 3.58. The molecule has 1 saturated heterocycles. The molecule has 0 bridgehead atoms. The van der Waals surface area contributed by atoms with Crippen LogP contribution in [-0.4, -0.2) is 69.3 Å². The molecule has 7 heteroatoms. The minimum atomic E-state index is -0.0487. The maximum absolute atomic E-state index is 12.8. The van der Waals surface area contributed by atoms with Crippen molar-refractivity contribution in [3.8, 4) is 5.75 Å². The largest absolute Gasteiger partial charge is 0.489 e. The van der Waals surface area contributed by atoms with Gasteiger partial charge in [0.15, 0.2) is 0 Å². The minimum Gasteiger partial charge on any atom is -0.489 e. The average molecular weight is 389 g/mol. The number of morpholine rings is 1. The van der Waals surface area contributed by atoms with Crippen LogP contribution in [0.15, 0.2) is 18.2 Å². The molecule has 3 rings (SSSR count). The zero-order chi connectivity index (χ0) is 19.9. The van der Waals surface area contributed by atoms with E-state index in [0.29, 0.717) is 44.9 Å². The number of likely N-dealkylation sites (N-methyl/N-ethyl adjacent to an activating group) is 1. The van der Waals surface area contributed by atoms with Gasteiger partial charge in [-0.15, -0.1) is 0 Å². The van der Waals surface area contributed by atoms with Gasteiger partial charge in [0.2, 0.25) is 5.91 Å². The maximum atomic E-state index is 12.8. The van der Waals surface area contributed by atoms with Crippen LogP contribution < -0.4 is 15.0 Å². The zero-order valence-corrected chi connectivity index (χ0v) is 16.9. The number of benzene rings is 1. The van der Waals surface area contributed by atoms with Gasteiger partial charge in [-0.25, -0.2) is 0 Å². The molecule has 1 aromatic carbocycles. The molecule has 2 amide bonds. The monoisotopic (exact) mass is 389 g/mol. The van der Waals surface area contributed by atoms with Crippen LogP contribution in [0.3, 0.4) is 0 Å². The maximum Gasteiger partial charge on any atom is 0.254 e. The molecule has 1 N–H and O–H groups in total. The minimum absolute atomic E-state index is 0.00953. The summed E-state index contributed by atoms with van der Waals surface area (Å²) in [7, 11) is 1.96. The third-order valence-corrected chi connectivity index (χ3v) is 5.39. The molecule has 28 heavy (non-hydrogen) atoms. The van der Waals surface area contributed by atoms with Crippen LogP contribution in [0.1, 0.15) is 43.0 Å². The number of rotatable bonds is 7. The highest BCUT2D eigenvalue weighted by atomic mass is 16.5. The van der Waals surface area contributed by atoms with Gasteiger partial charge >= 0.3 is 0 Å². The molecule has 1 fully saturated rings. The predicted octanol–water partition coefficient (Wildman–Crippen LogP) is 2.05. The van der Waals surface area contributed by atoms with Gasteiger partial charge in [-0.1, -0.05) is 19.8 Å². The van der Waals surface area contributed by atoms with E-state index < -0.39 is 0 Å². The fraction of sp³-hybridized carbons (Fsp3) is 0.619. The first-order valence-corrected chi connectivity index (χ1v) is 10.2. The molecule has 0 spiro atoms. The number of amides is 2. The summed E-state index contributed by atoms with van der Waals surface area (Å²) < 4.78 is 11.2. The molecule has 7 nitrogen and oxygen atoms in total. The fourth-order valence-electron chi connectivity index (χ4n) is 3.58. The summed E-state index contributed by atoms with van der Waals surface area (Å²) in [5.41, 5.74) is 1.50. The summed E-state index contributed by atoms with van der Waals surface area (Å²) >= 11 is 0. The predicted molar refractivity (Wildman–Crippen MR) is 108 cm³/mol. The second-order valence-electron chi connectivity index (χ2n) is 7.42. The topological polar surface area (TPSA) is 71.1 Å². The Morgan fingerprint density at radius 3 is 2.75 bits per heavy atom. The van der Waals surface area contributed by atoms with Crippen molar-refractivity contribution in [2.45, 2.75) is 38.6 Å². The Morgan fingerprint density at radius 2 is 2.00 bits per heavy atom. The third-order valence-electron chi connectivity index (χ3n) is 5.39. The summed E-state index contributed by atoms with van der Waals surface area (Å²) in [4.78, 5) is 28.9. The van der Waals surface area contributed by atoms with Gasteiger partial charge in [0.05, 0.1) is 31.4 Å². The smallest absolute Gasteiger partial charge is 0.254 e. The van der Waals surface area contributed by atoms with E-state index in [1.807, 2.05) is 30.1 Å². The third kappa shape index (κ3) is 4.95. The van der Waals surface area contributed by atoms with Crippen molar-refractivity contribution >= 4 is 17.5 Å².